The van der Waals surface area contributed by atoms with Crippen LogP contribution < -0.4 is 10.6 Å². The number of nitrogens with zero attached hydrogens (tertiary/aromatic N) is 3. The van der Waals surface area contributed by atoms with Crippen molar-refractivity contribution >= 4 is 11.5 Å². The van der Waals surface area contributed by atoms with Gasteiger partial charge in [-0.1, -0.05) is 6.07 Å². The maximum absolute atomic E-state index is 13.0. The van der Waals surface area contributed by atoms with Crippen LogP contribution in [0.15, 0.2) is 54.9 Å². The second kappa shape index (κ2) is 7.55. The summed E-state index contributed by atoms with van der Waals surface area (Å²) in [5.74, 6) is 1.31. The van der Waals surface area contributed by atoms with Gasteiger partial charge in [0.05, 0.1) is 11.3 Å². The largest absolute Gasteiger partial charge is 0.416 e. The summed E-state index contributed by atoms with van der Waals surface area (Å²) in [5.41, 5.74) is 1.19. The van der Waals surface area contributed by atoms with Crippen molar-refractivity contribution in [3.8, 4) is 11.3 Å². The summed E-state index contributed by atoms with van der Waals surface area (Å²) >= 11 is 0. The van der Waals surface area contributed by atoms with Crippen molar-refractivity contribution < 1.29 is 13.2 Å². The molecule has 1 aliphatic heterocycles. The molecule has 1 fully saturated rings. The summed E-state index contributed by atoms with van der Waals surface area (Å²) in [5, 5.41) is 6.29. The van der Waals surface area contributed by atoms with Crippen LogP contribution >= 0.6 is 0 Å². The first-order valence-corrected chi connectivity index (χ1v) is 8.93. The summed E-state index contributed by atoms with van der Waals surface area (Å²) in [4.78, 5) is 13.3. The Bertz CT molecular complexity index is 954. The first kappa shape index (κ1) is 18.4. The van der Waals surface area contributed by atoms with Crippen molar-refractivity contribution in [2.45, 2.75) is 18.5 Å². The highest BCUT2D eigenvalue weighted by Gasteiger charge is 2.30. The van der Waals surface area contributed by atoms with Gasteiger partial charge in [0.1, 0.15) is 11.6 Å². The van der Waals surface area contributed by atoms with Crippen LogP contribution in [0.25, 0.3) is 11.3 Å². The van der Waals surface area contributed by atoms with Gasteiger partial charge in [0, 0.05) is 42.2 Å². The predicted octanol–water partition coefficient (Wildman–Crippen LogP) is 4.38. The number of halogens is 3. The second-order valence-electron chi connectivity index (χ2n) is 6.63. The highest BCUT2D eigenvalue weighted by atomic mass is 19.4. The fourth-order valence-corrected chi connectivity index (χ4v) is 3.18. The van der Waals surface area contributed by atoms with Crippen molar-refractivity contribution in [3.63, 3.8) is 0 Å². The first-order chi connectivity index (χ1) is 13.5. The highest BCUT2D eigenvalue weighted by Crippen LogP contribution is 2.32. The normalized spacial score (nSPS) is 16.9. The molecule has 2 N–H and O–H groups in total. The molecule has 1 atom stereocenters. The third-order valence-corrected chi connectivity index (χ3v) is 4.61. The maximum atomic E-state index is 13.0. The van der Waals surface area contributed by atoms with Crippen molar-refractivity contribution in [1.29, 1.82) is 0 Å². The van der Waals surface area contributed by atoms with E-state index in [4.69, 9.17) is 0 Å². The summed E-state index contributed by atoms with van der Waals surface area (Å²) < 4.78 is 39.0. The average molecular weight is 385 g/mol. The monoisotopic (exact) mass is 385 g/mol. The molecule has 28 heavy (non-hydrogen) atoms. The molecule has 0 saturated carbocycles. The lowest BCUT2D eigenvalue weighted by molar-refractivity contribution is -0.137. The Hall–Kier alpha value is -3.00. The molecule has 5 nitrogen and oxygen atoms in total. The predicted molar refractivity (Wildman–Crippen MR) is 100 cm³/mol. The Kier molecular flexibility index (Phi) is 4.95. The van der Waals surface area contributed by atoms with Gasteiger partial charge in [0.2, 0.25) is 0 Å². The lowest BCUT2D eigenvalue weighted by atomic mass is 10.1. The lowest BCUT2D eigenvalue weighted by Crippen LogP contribution is -2.11. The zero-order valence-corrected chi connectivity index (χ0v) is 14.9. The molecule has 1 saturated heterocycles. The molecule has 2 aromatic heterocycles. The quantitative estimate of drug-likeness (QED) is 0.698. The van der Waals surface area contributed by atoms with Gasteiger partial charge in [0.15, 0.2) is 0 Å². The average Bonchev–Trinajstić information content (AvgIpc) is 3.23. The fraction of sp³-hybridized carbons (Fsp3) is 0.250. The summed E-state index contributed by atoms with van der Waals surface area (Å²) in [6.07, 6.45) is -0.128. The molecule has 4 rings (SSSR count). The number of hydrogen-bond donors (Lipinski definition) is 2. The highest BCUT2D eigenvalue weighted by molar-refractivity contribution is 5.65. The molecule has 0 bridgehead atoms. The number of hydrogen-bond acceptors (Lipinski definition) is 5. The SMILES string of the molecule is FC(F)(F)c1cccc(Nc2cc(-c3ccncc3)nc(C3CCNC3)n2)c1. The number of nitrogens with one attached hydrogen (secondary N) is 2. The summed E-state index contributed by atoms with van der Waals surface area (Å²) in [7, 11) is 0. The van der Waals surface area contributed by atoms with Crippen LogP contribution in [0.2, 0.25) is 0 Å². The second-order valence-corrected chi connectivity index (χ2v) is 6.63. The number of pyridine rings is 1. The van der Waals surface area contributed by atoms with Crippen LogP contribution in [0.5, 0.6) is 0 Å². The maximum Gasteiger partial charge on any atom is 0.416 e. The topological polar surface area (TPSA) is 62.7 Å². The van der Waals surface area contributed by atoms with Crippen LogP contribution in [0.3, 0.4) is 0 Å². The van der Waals surface area contributed by atoms with Gasteiger partial charge in [-0.3, -0.25) is 4.98 Å². The van der Waals surface area contributed by atoms with E-state index in [2.05, 4.69) is 25.6 Å². The molecule has 0 amide bonds. The van der Waals surface area contributed by atoms with E-state index >= 15 is 0 Å². The van der Waals surface area contributed by atoms with Crippen molar-refractivity contribution in [1.82, 2.24) is 20.3 Å². The van der Waals surface area contributed by atoms with E-state index in [0.717, 1.165) is 37.2 Å². The standard InChI is InChI=1S/C20H18F3N5/c21-20(22,23)15-2-1-3-16(10-15)26-18-11-17(13-4-7-24-8-5-13)27-19(28-18)14-6-9-25-12-14/h1-5,7-8,10-11,14,25H,6,9,12H2,(H,26,27,28). The molecular formula is C20H18F3N5. The van der Waals surface area contributed by atoms with Crippen LogP contribution in [-0.2, 0) is 6.18 Å². The Morgan fingerprint density at radius 3 is 2.57 bits per heavy atom. The van der Waals surface area contributed by atoms with Gasteiger partial charge in [-0.05, 0) is 43.3 Å². The Labute approximate surface area is 160 Å². The van der Waals surface area contributed by atoms with Gasteiger partial charge in [-0.25, -0.2) is 9.97 Å². The van der Waals surface area contributed by atoms with E-state index in [0.29, 0.717) is 23.0 Å². The van der Waals surface area contributed by atoms with Gasteiger partial charge in [0.25, 0.3) is 0 Å². The van der Waals surface area contributed by atoms with Gasteiger partial charge in [-0.2, -0.15) is 13.2 Å². The minimum absolute atomic E-state index is 0.170. The Morgan fingerprint density at radius 2 is 1.86 bits per heavy atom. The molecule has 0 aliphatic carbocycles. The molecule has 0 spiro atoms. The van der Waals surface area contributed by atoms with E-state index in [9.17, 15) is 13.2 Å². The third-order valence-electron chi connectivity index (χ3n) is 4.61. The molecule has 0 radical (unpaired) electrons. The van der Waals surface area contributed by atoms with Crippen molar-refractivity contribution in [2.24, 2.45) is 0 Å². The zero-order valence-electron chi connectivity index (χ0n) is 14.9. The molecule has 3 heterocycles. The van der Waals surface area contributed by atoms with E-state index in [1.54, 1.807) is 24.5 Å². The number of anilines is 2. The minimum Gasteiger partial charge on any atom is -0.340 e. The van der Waals surface area contributed by atoms with E-state index in [1.165, 1.54) is 6.07 Å². The number of alkyl halides is 3. The zero-order chi connectivity index (χ0) is 19.6. The summed E-state index contributed by atoms with van der Waals surface area (Å²) in [6.45, 7) is 1.67. The van der Waals surface area contributed by atoms with Crippen LogP contribution in [0.4, 0.5) is 24.7 Å². The van der Waals surface area contributed by atoms with Gasteiger partial charge < -0.3 is 10.6 Å². The van der Waals surface area contributed by atoms with Crippen LogP contribution in [-0.4, -0.2) is 28.0 Å². The summed E-state index contributed by atoms with van der Waals surface area (Å²) in [6, 6.07) is 10.5. The molecule has 144 valence electrons. The molecule has 3 aromatic rings. The Balaban J connectivity index is 1.71. The minimum atomic E-state index is -4.40. The molecule has 8 heteroatoms. The number of rotatable bonds is 4. The molecule has 1 aromatic carbocycles. The fourth-order valence-electron chi connectivity index (χ4n) is 3.18. The van der Waals surface area contributed by atoms with Crippen LogP contribution in [0, 0.1) is 0 Å². The van der Waals surface area contributed by atoms with Gasteiger partial charge >= 0.3 is 6.18 Å². The van der Waals surface area contributed by atoms with Gasteiger partial charge in [-0.15, -0.1) is 0 Å². The van der Waals surface area contributed by atoms with Crippen LogP contribution in [0.1, 0.15) is 23.7 Å². The lowest BCUT2D eigenvalue weighted by Gasteiger charge is -2.14. The molecule has 1 aliphatic rings. The first-order valence-electron chi connectivity index (χ1n) is 8.93. The molecule has 1 unspecified atom stereocenters. The van der Waals surface area contributed by atoms with E-state index in [1.807, 2.05) is 12.1 Å². The van der Waals surface area contributed by atoms with Crippen molar-refractivity contribution in [2.75, 3.05) is 18.4 Å². The number of aromatic nitrogens is 3. The Morgan fingerprint density at radius 1 is 1.04 bits per heavy atom. The van der Waals surface area contributed by atoms with E-state index < -0.39 is 11.7 Å². The smallest absolute Gasteiger partial charge is 0.340 e. The number of benzene rings is 1. The van der Waals surface area contributed by atoms with E-state index in [-0.39, 0.29) is 5.92 Å². The van der Waals surface area contributed by atoms with Crippen molar-refractivity contribution in [3.05, 3.63) is 66.2 Å². The third kappa shape index (κ3) is 4.12. The molecular weight excluding hydrogens is 367 g/mol.